The monoisotopic (exact) mass is 782 g/mol. The molecule has 5 heteroatoms. The van der Waals surface area contributed by atoms with Gasteiger partial charge < -0.3 is 4.57 Å². The molecular weight excluding hydrogens is 749 g/mol. The Labute approximate surface area is 350 Å². The quantitative estimate of drug-likeness (QED) is 0.169. The summed E-state index contributed by atoms with van der Waals surface area (Å²) in [5.74, 6) is 1.86. The Morgan fingerprint density at radius 3 is 1.57 bits per heavy atom. The number of thiophene rings is 1. The predicted octanol–water partition coefficient (Wildman–Crippen LogP) is 14.8. The average molecular weight is 783 g/mol. The normalized spacial score (nSPS) is 11.7. The van der Waals surface area contributed by atoms with Gasteiger partial charge in [-0.3, -0.25) is 0 Å². The molecule has 0 saturated heterocycles. The zero-order valence-corrected chi connectivity index (χ0v) is 33.1. The summed E-state index contributed by atoms with van der Waals surface area (Å²) in [6.07, 6.45) is 0. The van der Waals surface area contributed by atoms with Crippen LogP contribution in [0.4, 0.5) is 0 Å². The smallest absolute Gasteiger partial charge is 0.166 e. The molecule has 3 heterocycles. The molecule has 12 aromatic rings. The third kappa shape index (κ3) is 5.70. The number of benzene rings is 9. The van der Waals surface area contributed by atoms with Crippen molar-refractivity contribution in [2.75, 3.05) is 0 Å². The van der Waals surface area contributed by atoms with Crippen LogP contribution >= 0.6 is 11.3 Å². The summed E-state index contributed by atoms with van der Waals surface area (Å²) in [4.78, 5) is 15.6. The van der Waals surface area contributed by atoms with Crippen LogP contribution in [0.1, 0.15) is 0 Å². The molecule has 0 unspecified atom stereocenters. The molecule has 9 aromatic carbocycles. The van der Waals surface area contributed by atoms with Crippen molar-refractivity contribution in [3.63, 3.8) is 0 Å². The minimum absolute atomic E-state index is 0.613. The lowest BCUT2D eigenvalue weighted by Gasteiger charge is -2.16. The van der Waals surface area contributed by atoms with Crippen LogP contribution in [0.25, 0.3) is 115 Å². The molecule has 0 aliphatic carbocycles. The van der Waals surface area contributed by atoms with Crippen LogP contribution in [0.2, 0.25) is 0 Å². The minimum Gasteiger partial charge on any atom is -0.308 e. The Hall–Kier alpha value is -7.73. The van der Waals surface area contributed by atoms with E-state index in [2.05, 4.69) is 193 Å². The zero-order valence-electron chi connectivity index (χ0n) is 32.3. The van der Waals surface area contributed by atoms with Crippen LogP contribution in [0.5, 0.6) is 0 Å². The van der Waals surface area contributed by atoms with Crippen LogP contribution in [0, 0.1) is 0 Å². The molecule has 0 bridgehead atoms. The predicted molar refractivity (Wildman–Crippen MR) is 252 cm³/mol. The van der Waals surface area contributed by atoms with E-state index in [4.69, 9.17) is 15.0 Å². The summed E-state index contributed by atoms with van der Waals surface area (Å²) in [5.41, 5.74) is 10.6. The number of hydrogen-bond donors (Lipinski definition) is 0. The maximum absolute atomic E-state index is 5.29. The molecule has 0 aliphatic rings. The third-order valence-corrected chi connectivity index (χ3v) is 12.9. The average Bonchev–Trinajstić information content (AvgIpc) is 3.88. The first-order chi connectivity index (χ1) is 29.7. The van der Waals surface area contributed by atoms with Gasteiger partial charge in [0, 0.05) is 47.6 Å². The molecule has 0 radical (unpaired) electrons. The highest BCUT2D eigenvalue weighted by molar-refractivity contribution is 7.26. The van der Waals surface area contributed by atoms with Gasteiger partial charge in [0.25, 0.3) is 0 Å². The first-order valence-corrected chi connectivity index (χ1v) is 21.0. The molecular formula is C55H34N4S. The Bertz CT molecular complexity index is 3530. The minimum atomic E-state index is 0.613. The van der Waals surface area contributed by atoms with Crippen molar-refractivity contribution in [2.45, 2.75) is 0 Å². The van der Waals surface area contributed by atoms with Crippen molar-refractivity contribution >= 4 is 64.1 Å². The van der Waals surface area contributed by atoms with E-state index >= 15 is 0 Å². The van der Waals surface area contributed by atoms with Crippen LogP contribution < -0.4 is 0 Å². The lowest BCUT2D eigenvalue weighted by atomic mass is 10.00. The molecule has 12 rings (SSSR count). The van der Waals surface area contributed by atoms with Gasteiger partial charge in [0.15, 0.2) is 17.5 Å². The van der Waals surface area contributed by atoms with Crippen molar-refractivity contribution in [3.8, 4) is 62.1 Å². The maximum Gasteiger partial charge on any atom is 0.166 e. The fourth-order valence-electron chi connectivity index (χ4n) is 8.74. The molecule has 0 spiro atoms. The molecule has 280 valence electrons. The van der Waals surface area contributed by atoms with Crippen molar-refractivity contribution < 1.29 is 0 Å². The second-order valence-electron chi connectivity index (χ2n) is 15.2. The van der Waals surface area contributed by atoms with E-state index in [1.165, 1.54) is 47.3 Å². The summed E-state index contributed by atoms with van der Waals surface area (Å²) in [6.45, 7) is 0. The molecule has 0 fully saturated rings. The van der Waals surface area contributed by atoms with E-state index in [1.807, 2.05) is 29.5 Å². The highest BCUT2D eigenvalue weighted by Gasteiger charge is 2.20. The maximum atomic E-state index is 5.29. The van der Waals surface area contributed by atoms with Gasteiger partial charge in [-0.15, -0.1) is 11.3 Å². The van der Waals surface area contributed by atoms with Crippen molar-refractivity contribution in [3.05, 3.63) is 206 Å². The summed E-state index contributed by atoms with van der Waals surface area (Å²) < 4.78 is 5.00. The largest absolute Gasteiger partial charge is 0.308 e. The zero-order chi connectivity index (χ0) is 39.6. The molecule has 0 atom stereocenters. The molecule has 0 amide bonds. The van der Waals surface area contributed by atoms with E-state index in [0.717, 1.165) is 50.1 Å². The van der Waals surface area contributed by atoms with Gasteiger partial charge in [-0.2, -0.15) is 0 Å². The Balaban J connectivity index is 1.02. The van der Waals surface area contributed by atoms with Gasteiger partial charge in [0.1, 0.15) is 0 Å². The number of rotatable bonds is 6. The van der Waals surface area contributed by atoms with Gasteiger partial charge in [-0.05, 0) is 69.4 Å². The number of aromatic nitrogens is 4. The molecule has 4 nitrogen and oxygen atoms in total. The summed E-state index contributed by atoms with van der Waals surface area (Å²) in [6, 6.07) is 73.3. The summed E-state index contributed by atoms with van der Waals surface area (Å²) in [5, 5.41) is 7.57. The lowest BCUT2D eigenvalue weighted by Crippen LogP contribution is -2.04. The summed E-state index contributed by atoms with van der Waals surface area (Å²) >= 11 is 1.87. The topological polar surface area (TPSA) is 43.6 Å². The number of fused-ring (bicyclic) bond motifs is 8. The second kappa shape index (κ2) is 14.0. The van der Waals surface area contributed by atoms with Crippen LogP contribution in [-0.2, 0) is 0 Å². The molecule has 3 aromatic heterocycles. The van der Waals surface area contributed by atoms with Crippen molar-refractivity contribution in [1.82, 2.24) is 19.5 Å². The van der Waals surface area contributed by atoms with E-state index in [1.54, 1.807) is 0 Å². The van der Waals surface area contributed by atoms with Gasteiger partial charge in [-0.1, -0.05) is 170 Å². The third-order valence-electron chi connectivity index (χ3n) is 11.7. The molecule has 60 heavy (non-hydrogen) atoms. The summed E-state index contributed by atoms with van der Waals surface area (Å²) in [7, 11) is 0. The van der Waals surface area contributed by atoms with Crippen LogP contribution in [-0.4, -0.2) is 19.5 Å². The van der Waals surface area contributed by atoms with Gasteiger partial charge in [0.05, 0.1) is 16.7 Å². The van der Waals surface area contributed by atoms with Gasteiger partial charge >= 0.3 is 0 Å². The standard InChI is InChI=1S/C55H34N4S/c1-3-13-35(14-4-1)41-28-31-46(50(34-41)59-48-21-11-9-19-43(48)44-20-10-12-22-49(44)59)55-57-53(38-16-5-2-6-17-38)56-54(58-55)39-25-23-36(24-26-39)40-29-32-51-47(33-40)45-30-27-37-15-7-8-18-42(37)52(45)60-51/h1-34H. The number of para-hydroxylation sites is 2. The first kappa shape index (κ1) is 34.3. The van der Waals surface area contributed by atoms with Crippen LogP contribution in [0.3, 0.4) is 0 Å². The Morgan fingerprint density at radius 1 is 0.333 bits per heavy atom. The molecule has 0 saturated carbocycles. The van der Waals surface area contributed by atoms with Crippen LogP contribution in [0.15, 0.2) is 206 Å². The van der Waals surface area contributed by atoms with Gasteiger partial charge in [0.2, 0.25) is 0 Å². The van der Waals surface area contributed by atoms with E-state index in [0.29, 0.717) is 17.5 Å². The van der Waals surface area contributed by atoms with Gasteiger partial charge in [-0.25, -0.2) is 15.0 Å². The molecule has 0 aliphatic heterocycles. The van der Waals surface area contributed by atoms with Crippen molar-refractivity contribution in [1.29, 1.82) is 0 Å². The fourth-order valence-corrected chi connectivity index (χ4v) is 9.95. The molecule has 0 N–H and O–H groups in total. The first-order valence-electron chi connectivity index (χ1n) is 20.2. The SMILES string of the molecule is c1ccc(-c2ccc(-c3nc(-c4ccccc4)nc(-c4ccc(-c5ccc6sc7c8ccccc8ccc7c6c5)cc4)n3)c(-n3c4ccccc4c4ccccc43)c2)cc1. The highest BCUT2D eigenvalue weighted by atomic mass is 32.1. The second-order valence-corrected chi connectivity index (χ2v) is 16.2. The number of nitrogens with zero attached hydrogens (tertiary/aromatic N) is 4. The Morgan fingerprint density at radius 2 is 0.850 bits per heavy atom. The Kier molecular flexibility index (Phi) is 8.00. The van der Waals surface area contributed by atoms with E-state index in [9.17, 15) is 0 Å². The highest BCUT2D eigenvalue weighted by Crippen LogP contribution is 2.41. The van der Waals surface area contributed by atoms with E-state index < -0.39 is 0 Å². The number of hydrogen-bond acceptors (Lipinski definition) is 4. The van der Waals surface area contributed by atoms with Crippen molar-refractivity contribution in [2.24, 2.45) is 0 Å². The van der Waals surface area contributed by atoms with E-state index in [-0.39, 0.29) is 0 Å². The fraction of sp³-hybridized carbons (Fsp3) is 0. The lowest BCUT2D eigenvalue weighted by molar-refractivity contribution is 1.06.